The van der Waals surface area contributed by atoms with E-state index in [0.29, 0.717) is 16.8 Å². The first-order chi connectivity index (χ1) is 23.8. The van der Waals surface area contributed by atoms with Crippen molar-refractivity contribution in [2.24, 2.45) is 0 Å². The van der Waals surface area contributed by atoms with Gasteiger partial charge in [-0.1, -0.05) is 109 Å². The summed E-state index contributed by atoms with van der Waals surface area (Å²) in [5.41, 5.74) is 6.30. The van der Waals surface area contributed by atoms with Crippen LogP contribution < -0.4 is 0 Å². The molecule has 0 aliphatic rings. The van der Waals surface area contributed by atoms with Crippen molar-refractivity contribution in [1.82, 2.24) is 9.13 Å². The van der Waals surface area contributed by atoms with Crippen LogP contribution in [0.1, 0.15) is 11.1 Å². The summed E-state index contributed by atoms with van der Waals surface area (Å²) < 4.78 is 4.52. The van der Waals surface area contributed by atoms with E-state index in [1.165, 1.54) is 10.8 Å². The molecule has 4 nitrogen and oxygen atoms in total. The van der Waals surface area contributed by atoms with Gasteiger partial charge in [-0.15, -0.1) is 0 Å². The van der Waals surface area contributed by atoms with E-state index in [1.807, 2.05) is 6.07 Å². The maximum Gasteiger partial charge on any atom is 0.103 e. The maximum atomic E-state index is 10.9. The highest BCUT2D eigenvalue weighted by Gasteiger charge is 2.26. The largest absolute Gasteiger partial charge is 0.307 e. The number of fused-ring (bicyclic) bond motifs is 12. The Morgan fingerprint density at radius 1 is 0.417 bits per heavy atom. The third-order valence-corrected chi connectivity index (χ3v) is 9.94. The molecule has 10 aromatic rings. The molecule has 2 heterocycles. The molecule has 0 amide bonds. The SMILES string of the molecule is N#Cc1ccc(-n2c3ccccc3c3cc4ccccc4cc32)c(-n2c3ccccc3c3c4ccccc4c4ccccc4c32)c1C#N. The van der Waals surface area contributed by atoms with Crippen molar-refractivity contribution in [2.75, 3.05) is 0 Å². The van der Waals surface area contributed by atoms with Gasteiger partial charge in [0.25, 0.3) is 0 Å². The van der Waals surface area contributed by atoms with Crippen LogP contribution in [-0.4, -0.2) is 9.13 Å². The molecule has 0 unspecified atom stereocenters. The van der Waals surface area contributed by atoms with Crippen LogP contribution in [0.15, 0.2) is 146 Å². The van der Waals surface area contributed by atoms with Gasteiger partial charge < -0.3 is 9.13 Å². The molecule has 0 fully saturated rings. The van der Waals surface area contributed by atoms with Crippen LogP contribution >= 0.6 is 0 Å². The van der Waals surface area contributed by atoms with E-state index in [4.69, 9.17) is 0 Å². The zero-order valence-corrected chi connectivity index (χ0v) is 25.6. The molecule has 0 aliphatic heterocycles. The summed E-state index contributed by atoms with van der Waals surface area (Å²) >= 11 is 0. The van der Waals surface area contributed by atoms with Crippen LogP contribution in [0.25, 0.3) is 87.3 Å². The lowest BCUT2D eigenvalue weighted by Gasteiger charge is -2.20. The summed E-state index contributed by atoms with van der Waals surface area (Å²) in [6, 6.07) is 55.5. The highest BCUT2D eigenvalue weighted by atomic mass is 15.1. The van der Waals surface area contributed by atoms with Gasteiger partial charge in [-0.05, 0) is 63.3 Å². The second kappa shape index (κ2) is 9.81. The van der Waals surface area contributed by atoms with Gasteiger partial charge in [-0.3, -0.25) is 0 Å². The zero-order chi connectivity index (χ0) is 31.9. The van der Waals surface area contributed by atoms with Gasteiger partial charge in [-0.2, -0.15) is 10.5 Å². The predicted molar refractivity (Wildman–Crippen MR) is 197 cm³/mol. The number of hydrogen-bond donors (Lipinski definition) is 0. The Hall–Kier alpha value is -6.88. The Balaban J connectivity index is 1.48. The quantitative estimate of drug-likeness (QED) is 0.183. The fourth-order valence-corrected chi connectivity index (χ4v) is 7.97. The van der Waals surface area contributed by atoms with E-state index < -0.39 is 0 Å². The maximum absolute atomic E-state index is 10.9. The third-order valence-electron chi connectivity index (χ3n) is 9.94. The Morgan fingerprint density at radius 3 is 1.69 bits per heavy atom. The van der Waals surface area contributed by atoms with Crippen LogP contribution in [0.2, 0.25) is 0 Å². The van der Waals surface area contributed by atoms with Crippen LogP contribution in [0.4, 0.5) is 0 Å². The Labute approximate surface area is 275 Å². The molecule has 220 valence electrons. The van der Waals surface area contributed by atoms with Crippen molar-refractivity contribution >= 4 is 75.9 Å². The molecule has 0 aliphatic carbocycles. The number of rotatable bonds is 2. The van der Waals surface area contributed by atoms with Gasteiger partial charge in [0.1, 0.15) is 12.1 Å². The van der Waals surface area contributed by atoms with Gasteiger partial charge in [0.05, 0.1) is 44.6 Å². The molecule has 8 aromatic carbocycles. The highest BCUT2D eigenvalue weighted by molar-refractivity contribution is 6.32. The van der Waals surface area contributed by atoms with Crippen LogP contribution in [0.3, 0.4) is 0 Å². The van der Waals surface area contributed by atoms with Gasteiger partial charge in [-0.25, -0.2) is 0 Å². The number of nitrogens with zero attached hydrogens (tertiary/aromatic N) is 4. The molecule has 0 saturated heterocycles. The fourth-order valence-electron chi connectivity index (χ4n) is 7.97. The number of aromatic nitrogens is 2. The molecule has 0 saturated carbocycles. The van der Waals surface area contributed by atoms with Gasteiger partial charge in [0.15, 0.2) is 0 Å². The molecule has 10 rings (SSSR count). The van der Waals surface area contributed by atoms with Gasteiger partial charge in [0.2, 0.25) is 0 Å². The van der Waals surface area contributed by atoms with Crippen molar-refractivity contribution in [3.8, 4) is 23.5 Å². The first-order valence-corrected chi connectivity index (χ1v) is 16.0. The minimum atomic E-state index is 0.346. The summed E-state index contributed by atoms with van der Waals surface area (Å²) in [6.07, 6.45) is 0. The normalized spacial score (nSPS) is 11.7. The lowest BCUT2D eigenvalue weighted by Crippen LogP contribution is -2.07. The first kappa shape index (κ1) is 26.3. The van der Waals surface area contributed by atoms with Gasteiger partial charge >= 0.3 is 0 Å². The highest BCUT2D eigenvalue weighted by Crippen LogP contribution is 2.45. The van der Waals surface area contributed by atoms with Crippen molar-refractivity contribution in [3.05, 3.63) is 157 Å². The topological polar surface area (TPSA) is 57.4 Å². The molecule has 2 aromatic heterocycles. The summed E-state index contributed by atoms with van der Waals surface area (Å²) in [6.45, 7) is 0. The van der Waals surface area contributed by atoms with Crippen molar-refractivity contribution in [2.45, 2.75) is 0 Å². The number of benzene rings is 8. The Morgan fingerprint density at radius 2 is 0.979 bits per heavy atom. The smallest absolute Gasteiger partial charge is 0.103 e. The van der Waals surface area contributed by atoms with Crippen LogP contribution in [-0.2, 0) is 0 Å². The number of para-hydroxylation sites is 2. The summed E-state index contributed by atoms with van der Waals surface area (Å²) in [5.74, 6) is 0. The van der Waals surface area contributed by atoms with E-state index in [2.05, 4.69) is 155 Å². The van der Waals surface area contributed by atoms with Crippen LogP contribution in [0.5, 0.6) is 0 Å². The average molecular weight is 609 g/mol. The van der Waals surface area contributed by atoms with Crippen LogP contribution in [0, 0.1) is 22.7 Å². The van der Waals surface area contributed by atoms with E-state index in [0.717, 1.165) is 70.8 Å². The summed E-state index contributed by atoms with van der Waals surface area (Å²) in [5, 5.41) is 32.7. The second-order valence-electron chi connectivity index (χ2n) is 12.3. The molecular formula is C44H24N4. The predicted octanol–water partition coefficient (Wildman–Crippen LogP) is 11.1. The molecular weight excluding hydrogens is 585 g/mol. The molecule has 0 bridgehead atoms. The third kappa shape index (κ3) is 3.41. The van der Waals surface area contributed by atoms with E-state index in [-0.39, 0.29) is 0 Å². The van der Waals surface area contributed by atoms with Crippen molar-refractivity contribution < 1.29 is 0 Å². The first-order valence-electron chi connectivity index (χ1n) is 16.0. The van der Waals surface area contributed by atoms with Crippen molar-refractivity contribution in [3.63, 3.8) is 0 Å². The summed E-state index contributed by atoms with van der Waals surface area (Å²) in [7, 11) is 0. The minimum absolute atomic E-state index is 0.346. The molecule has 0 N–H and O–H groups in total. The standard InChI is InChI=1S/C44H24N4/c45-25-29-21-22-40(47-38-19-9-7-15-32(38)36-23-27-11-1-2-12-28(27)24-41(36)47)43(37(29)26-46)48-39-20-10-8-18-35(39)42-33-16-5-3-13-30(33)31-14-4-6-17-34(31)44(42)48/h1-24H. The van der Waals surface area contributed by atoms with E-state index in [1.54, 1.807) is 6.07 Å². The van der Waals surface area contributed by atoms with E-state index in [9.17, 15) is 10.5 Å². The number of nitriles is 2. The molecule has 0 atom stereocenters. The van der Waals surface area contributed by atoms with E-state index >= 15 is 0 Å². The number of hydrogen-bond acceptors (Lipinski definition) is 2. The molecule has 48 heavy (non-hydrogen) atoms. The average Bonchev–Trinajstić information content (AvgIpc) is 3.66. The molecule has 4 heteroatoms. The molecule has 0 spiro atoms. The van der Waals surface area contributed by atoms with Crippen molar-refractivity contribution in [1.29, 1.82) is 10.5 Å². The minimum Gasteiger partial charge on any atom is -0.307 e. The second-order valence-corrected chi connectivity index (χ2v) is 12.3. The Kier molecular flexibility index (Phi) is 5.38. The summed E-state index contributed by atoms with van der Waals surface area (Å²) in [4.78, 5) is 0. The molecule has 0 radical (unpaired) electrons. The lowest BCUT2D eigenvalue weighted by molar-refractivity contribution is 1.09. The zero-order valence-electron chi connectivity index (χ0n) is 25.6. The fraction of sp³-hybridized carbons (Fsp3) is 0. The van der Waals surface area contributed by atoms with Gasteiger partial charge in [0, 0.05) is 26.9 Å². The Bertz CT molecular complexity index is 3090. The lowest BCUT2D eigenvalue weighted by atomic mass is 9.96. The monoisotopic (exact) mass is 608 g/mol.